The highest BCUT2D eigenvalue weighted by Crippen LogP contribution is 2.31. The maximum Gasteiger partial charge on any atom is 0.138 e. The zero-order valence-electron chi connectivity index (χ0n) is 13.9. The lowest BCUT2D eigenvalue weighted by molar-refractivity contribution is 0.529. The molecule has 0 aromatic carbocycles. The highest BCUT2D eigenvalue weighted by molar-refractivity contribution is 5.86. The van der Waals surface area contributed by atoms with Gasteiger partial charge in [0.25, 0.3) is 0 Å². The molecule has 0 spiro atoms. The van der Waals surface area contributed by atoms with E-state index in [4.69, 9.17) is 0 Å². The number of rotatable bonds is 4. The second kappa shape index (κ2) is 5.84. The van der Waals surface area contributed by atoms with Crippen LogP contribution >= 0.6 is 0 Å². The number of hydrogen-bond acceptors (Lipinski definition) is 5. The van der Waals surface area contributed by atoms with Crippen molar-refractivity contribution in [1.82, 2.24) is 19.7 Å². The molecule has 1 N–H and O–H groups in total. The van der Waals surface area contributed by atoms with Crippen LogP contribution in [0.15, 0.2) is 12.3 Å². The molecular weight excluding hydrogens is 288 g/mol. The number of hydrogen-bond donors (Lipinski definition) is 1. The van der Waals surface area contributed by atoms with Crippen molar-refractivity contribution in [3.05, 3.63) is 40.6 Å². The van der Waals surface area contributed by atoms with Crippen LogP contribution in [0.4, 0.5) is 5.82 Å². The number of nitriles is 1. The molecule has 23 heavy (non-hydrogen) atoms. The Hall–Kier alpha value is -2.68. The minimum atomic E-state index is 0.332. The third kappa shape index (κ3) is 2.70. The Bertz CT molecular complexity index is 822. The standard InChI is InChI=1S/C17H20N6/c1-10(2)23-9-13(11(3)22-23)7-15-20-14-6-5-12(8-18)16(14)17(19-4)21-15/h5,9-10H,6-7H2,1-4H3,(H,19,20,21). The summed E-state index contributed by atoms with van der Waals surface area (Å²) in [6.45, 7) is 6.22. The smallest absolute Gasteiger partial charge is 0.138 e. The fraction of sp³-hybridized carbons (Fsp3) is 0.412. The molecular formula is C17H20N6. The third-order valence-corrected chi connectivity index (χ3v) is 4.05. The fourth-order valence-electron chi connectivity index (χ4n) is 2.78. The highest BCUT2D eigenvalue weighted by Gasteiger charge is 2.22. The zero-order valence-corrected chi connectivity index (χ0v) is 13.9. The molecule has 6 nitrogen and oxygen atoms in total. The quantitative estimate of drug-likeness (QED) is 0.939. The van der Waals surface area contributed by atoms with Crippen molar-refractivity contribution in [2.45, 2.75) is 39.7 Å². The summed E-state index contributed by atoms with van der Waals surface area (Å²) >= 11 is 0. The van der Waals surface area contributed by atoms with Gasteiger partial charge in [0.05, 0.1) is 28.6 Å². The van der Waals surface area contributed by atoms with Gasteiger partial charge >= 0.3 is 0 Å². The summed E-state index contributed by atoms with van der Waals surface area (Å²) in [7, 11) is 1.82. The Morgan fingerprint density at radius 3 is 2.78 bits per heavy atom. The molecule has 6 heteroatoms. The van der Waals surface area contributed by atoms with Crippen LogP contribution in [0.5, 0.6) is 0 Å². The number of anilines is 1. The summed E-state index contributed by atoms with van der Waals surface area (Å²) in [5.41, 5.74) is 4.55. The van der Waals surface area contributed by atoms with Gasteiger partial charge in [-0.05, 0) is 20.8 Å². The van der Waals surface area contributed by atoms with Gasteiger partial charge in [0.1, 0.15) is 11.6 Å². The average molecular weight is 308 g/mol. The van der Waals surface area contributed by atoms with Crippen LogP contribution in [-0.4, -0.2) is 26.8 Å². The van der Waals surface area contributed by atoms with Gasteiger partial charge in [-0.25, -0.2) is 9.97 Å². The lowest BCUT2D eigenvalue weighted by atomic mass is 10.1. The molecule has 3 rings (SSSR count). The number of nitrogens with one attached hydrogen (secondary N) is 1. The number of aromatic nitrogens is 4. The van der Waals surface area contributed by atoms with Gasteiger partial charge < -0.3 is 5.32 Å². The summed E-state index contributed by atoms with van der Waals surface area (Å²) in [6.07, 6.45) is 5.30. The van der Waals surface area contributed by atoms with Gasteiger partial charge in [0, 0.05) is 37.7 Å². The Balaban J connectivity index is 1.96. The Morgan fingerprint density at radius 2 is 2.17 bits per heavy atom. The predicted molar refractivity (Wildman–Crippen MR) is 89.0 cm³/mol. The molecule has 1 aliphatic rings. The van der Waals surface area contributed by atoms with E-state index in [1.807, 2.05) is 24.7 Å². The Kier molecular flexibility index (Phi) is 3.87. The van der Waals surface area contributed by atoms with Crippen LogP contribution in [0.2, 0.25) is 0 Å². The van der Waals surface area contributed by atoms with Gasteiger partial charge in [-0.1, -0.05) is 6.08 Å². The van der Waals surface area contributed by atoms with E-state index >= 15 is 0 Å². The first kappa shape index (κ1) is 15.2. The molecule has 0 aliphatic heterocycles. The Labute approximate surface area is 135 Å². The summed E-state index contributed by atoms with van der Waals surface area (Å²) in [6, 6.07) is 2.55. The molecule has 1 aliphatic carbocycles. The lowest BCUT2D eigenvalue weighted by Crippen LogP contribution is -2.07. The van der Waals surface area contributed by atoms with Gasteiger partial charge in [0.2, 0.25) is 0 Å². The van der Waals surface area contributed by atoms with Crippen molar-refractivity contribution in [3.63, 3.8) is 0 Å². The minimum Gasteiger partial charge on any atom is -0.372 e. The van der Waals surface area contributed by atoms with Crippen molar-refractivity contribution >= 4 is 11.4 Å². The molecule has 2 heterocycles. The maximum absolute atomic E-state index is 9.22. The largest absolute Gasteiger partial charge is 0.372 e. The molecule has 0 radical (unpaired) electrons. The number of fused-ring (bicyclic) bond motifs is 1. The summed E-state index contributed by atoms with van der Waals surface area (Å²) in [5, 5.41) is 16.8. The number of nitrogens with zero attached hydrogens (tertiary/aromatic N) is 5. The first-order valence-electron chi connectivity index (χ1n) is 7.76. The molecule has 0 unspecified atom stereocenters. The van der Waals surface area contributed by atoms with Gasteiger partial charge in [-0.3, -0.25) is 4.68 Å². The fourth-order valence-corrected chi connectivity index (χ4v) is 2.78. The molecule has 0 atom stereocenters. The summed E-state index contributed by atoms with van der Waals surface area (Å²) in [4.78, 5) is 9.26. The van der Waals surface area contributed by atoms with E-state index < -0.39 is 0 Å². The van der Waals surface area contributed by atoms with Gasteiger partial charge in [-0.2, -0.15) is 10.4 Å². The van der Waals surface area contributed by atoms with Crippen LogP contribution in [0.1, 0.15) is 48.2 Å². The molecule has 0 bridgehead atoms. The monoisotopic (exact) mass is 308 g/mol. The lowest BCUT2D eigenvalue weighted by Gasteiger charge is -2.10. The third-order valence-electron chi connectivity index (χ3n) is 4.05. The zero-order chi connectivity index (χ0) is 16.6. The van der Waals surface area contributed by atoms with Crippen molar-refractivity contribution in [1.29, 1.82) is 5.26 Å². The van der Waals surface area contributed by atoms with Crippen LogP contribution in [-0.2, 0) is 12.8 Å². The van der Waals surface area contributed by atoms with E-state index in [9.17, 15) is 5.26 Å². The van der Waals surface area contributed by atoms with Crippen LogP contribution in [0.3, 0.4) is 0 Å². The van der Waals surface area contributed by atoms with Crippen LogP contribution in [0, 0.1) is 18.3 Å². The molecule has 0 saturated carbocycles. The minimum absolute atomic E-state index is 0.332. The van der Waals surface area contributed by atoms with E-state index in [1.165, 1.54) is 0 Å². The van der Waals surface area contributed by atoms with Gasteiger partial charge in [0.15, 0.2) is 0 Å². The van der Waals surface area contributed by atoms with E-state index in [0.29, 0.717) is 24.5 Å². The SMILES string of the molecule is CNc1nc(Cc2cn(C(C)C)nc2C)nc2c1C(C#N)=CC2. The van der Waals surface area contributed by atoms with Crippen molar-refractivity contribution in [2.24, 2.45) is 0 Å². The normalized spacial score (nSPS) is 13.0. The average Bonchev–Trinajstić information content (AvgIpc) is 3.10. The van der Waals surface area contributed by atoms with Crippen molar-refractivity contribution in [2.75, 3.05) is 12.4 Å². The molecule has 118 valence electrons. The molecule has 0 fully saturated rings. The van der Waals surface area contributed by atoms with Crippen molar-refractivity contribution in [3.8, 4) is 6.07 Å². The highest BCUT2D eigenvalue weighted by atomic mass is 15.3. The Morgan fingerprint density at radius 1 is 1.39 bits per heavy atom. The molecule has 0 saturated heterocycles. The summed E-state index contributed by atoms with van der Waals surface area (Å²) < 4.78 is 1.96. The predicted octanol–water partition coefficient (Wildman–Crippen LogP) is 2.66. The molecule has 0 amide bonds. The topological polar surface area (TPSA) is 79.4 Å². The van der Waals surface area contributed by atoms with E-state index in [2.05, 4.69) is 46.5 Å². The first-order valence-corrected chi connectivity index (χ1v) is 7.76. The van der Waals surface area contributed by atoms with E-state index in [1.54, 1.807) is 0 Å². The first-order chi connectivity index (χ1) is 11.0. The number of allylic oxidation sites excluding steroid dienone is 2. The van der Waals surface area contributed by atoms with E-state index in [-0.39, 0.29) is 0 Å². The summed E-state index contributed by atoms with van der Waals surface area (Å²) in [5.74, 6) is 1.48. The van der Waals surface area contributed by atoms with E-state index in [0.717, 1.165) is 34.2 Å². The van der Waals surface area contributed by atoms with Gasteiger partial charge in [-0.15, -0.1) is 0 Å². The second-order valence-electron chi connectivity index (χ2n) is 5.98. The molecule has 2 aromatic rings. The second-order valence-corrected chi connectivity index (χ2v) is 5.98. The van der Waals surface area contributed by atoms with Crippen LogP contribution < -0.4 is 5.32 Å². The molecule has 2 aromatic heterocycles. The van der Waals surface area contributed by atoms with Crippen molar-refractivity contribution < 1.29 is 0 Å². The maximum atomic E-state index is 9.22. The number of aryl methyl sites for hydroxylation is 1. The van der Waals surface area contributed by atoms with Crippen LogP contribution in [0.25, 0.3) is 5.57 Å².